The lowest BCUT2D eigenvalue weighted by Crippen LogP contribution is -2.31. The molecule has 4 aromatic rings. The van der Waals surface area contributed by atoms with Gasteiger partial charge in [0.05, 0.1) is 25.2 Å². The Hall–Kier alpha value is -4.03. The number of aromatic nitrogens is 3. The van der Waals surface area contributed by atoms with Crippen molar-refractivity contribution in [2.75, 3.05) is 5.75 Å². The summed E-state index contributed by atoms with van der Waals surface area (Å²) in [5, 5.41) is 30.0. The van der Waals surface area contributed by atoms with Gasteiger partial charge in [-0.25, -0.2) is 0 Å². The van der Waals surface area contributed by atoms with Crippen LogP contribution >= 0.6 is 11.8 Å². The molecule has 3 aromatic carbocycles. The van der Waals surface area contributed by atoms with Crippen LogP contribution in [0.1, 0.15) is 53.9 Å². The largest absolute Gasteiger partial charge is 0.481 e. The van der Waals surface area contributed by atoms with Gasteiger partial charge in [0.2, 0.25) is 5.91 Å². The van der Waals surface area contributed by atoms with Gasteiger partial charge in [-0.3, -0.25) is 9.59 Å². The van der Waals surface area contributed by atoms with Gasteiger partial charge < -0.3 is 29.6 Å². The molecule has 1 amide bonds. The highest BCUT2D eigenvalue weighted by molar-refractivity contribution is 7.99. The first-order valence-corrected chi connectivity index (χ1v) is 15.0. The number of carbonyl (C=O) groups is 2. The smallest absolute Gasteiger partial charge is 0.303 e. The van der Waals surface area contributed by atoms with Crippen LogP contribution in [0.4, 0.5) is 0 Å². The Balaban J connectivity index is 1.33. The SMILES string of the molecule is Cn1cnnc1SC[C@H]1C[C@@H](c2ccc(CO)cc2)O[C@@H](c2cccc(-c3cccc(CNC(=O)CCC(=O)O)c3)c2)O1. The fourth-order valence-electron chi connectivity index (χ4n) is 4.83. The molecule has 10 nitrogen and oxygen atoms in total. The van der Waals surface area contributed by atoms with Crippen molar-refractivity contribution in [1.29, 1.82) is 0 Å². The molecule has 0 aliphatic carbocycles. The number of benzene rings is 3. The lowest BCUT2D eigenvalue weighted by atomic mass is 9.99. The number of nitrogens with one attached hydrogen (secondary N) is 1. The molecule has 0 spiro atoms. The van der Waals surface area contributed by atoms with Crippen LogP contribution in [0, 0.1) is 0 Å². The number of aliphatic hydroxyl groups is 1. The van der Waals surface area contributed by atoms with Crippen LogP contribution in [0.2, 0.25) is 0 Å². The summed E-state index contributed by atoms with van der Waals surface area (Å²) in [5.41, 5.74) is 5.60. The summed E-state index contributed by atoms with van der Waals surface area (Å²) in [6.07, 6.45) is 1.18. The van der Waals surface area contributed by atoms with Crippen molar-refractivity contribution in [2.45, 2.75) is 56.1 Å². The number of carboxylic acid groups (broad SMARTS) is 1. The van der Waals surface area contributed by atoms with Crippen LogP contribution in [-0.2, 0) is 39.3 Å². The monoisotopic (exact) mass is 602 g/mol. The Morgan fingerprint density at radius 2 is 1.74 bits per heavy atom. The number of thioether (sulfide) groups is 1. The van der Waals surface area contributed by atoms with Gasteiger partial charge in [-0.05, 0) is 39.9 Å². The van der Waals surface area contributed by atoms with E-state index in [4.69, 9.17) is 14.6 Å². The number of aliphatic hydroxyl groups excluding tert-OH is 1. The molecule has 11 heteroatoms. The van der Waals surface area contributed by atoms with Crippen molar-refractivity contribution in [3.8, 4) is 11.1 Å². The van der Waals surface area contributed by atoms with Crippen LogP contribution in [0.25, 0.3) is 11.1 Å². The number of carboxylic acids is 1. The van der Waals surface area contributed by atoms with Crippen molar-refractivity contribution >= 4 is 23.6 Å². The van der Waals surface area contributed by atoms with Gasteiger partial charge >= 0.3 is 5.97 Å². The number of aliphatic carboxylic acids is 1. The van der Waals surface area contributed by atoms with Gasteiger partial charge in [-0.1, -0.05) is 72.4 Å². The van der Waals surface area contributed by atoms with Gasteiger partial charge in [0, 0.05) is 37.8 Å². The number of hydrogen-bond acceptors (Lipinski definition) is 8. The molecule has 43 heavy (non-hydrogen) atoms. The molecule has 0 saturated carbocycles. The van der Waals surface area contributed by atoms with E-state index in [-0.39, 0.29) is 37.6 Å². The minimum atomic E-state index is -0.996. The third-order valence-electron chi connectivity index (χ3n) is 7.16. The number of aryl methyl sites for hydroxylation is 1. The third kappa shape index (κ3) is 8.29. The minimum absolute atomic E-state index is 0.0143. The second-order valence-electron chi connectivity index (χ2n) is 10.4. The molecule has 2 heterocycles. The lowest BCUT2D eigenvalue weighted by molar-refractivity contribution is -0.245. The summed E-state index contributed by atoms with van der Waals surface area (Å²) < 4.78 is 14.9. The highest BCUT2D eigenvalue weighted by Gasteiger charge is 2.32. The topological polar surface area (TPSA) is 136 Å². The van der Waals surface area contributed by atoms with Gasteiger partial charge in [-0.15, -0.1) is 10.2 Å². The highest BCUT2D eigenvalue weighted by atomic mass is 32.2. The number of nitrogens with zero attached hydrogens (tertiary/aromatic N) is 3. The highest BCUT2D eigenvalue weighted by Crippen LogP contribution is 2.40. The first-order chi connectivity index (χ1) is 20.9. The maximum Gasteiger partial charge on any atom is 0.303 e. The van der Waals surface area contributed by atoms with E-state index in [1.54, 1.807) is 18.1 Å². The molecule has 5 rings (SSSR count). The van der Waals surface area contributed by atoms with Crippen molar-refractivity contribution in [1.82, 2.24) is 20.1 Å². The number of ether oxygens (including phenoxy) is 2. The Bertz CT molecular complexity index is 1540. The lowest BCUT2D eigenvalue weighted by Gasteiger charge is -2.36. The van der Waals surface area contributed by atoms with Crippen LogP contribution < -0.4 is 5.32 Å². The predicted molar refractivity (Wildman–Crippen MR) is 161 cm³/mol. The summed E-state index contributed by atoms with van der Waals surface area (Å²) in [5.74, 6) is -0.615. The van der Waals surface area contributed by atoms with Crippen molar-refractivity contribution in [2.24, 2.45) is 7.05 Å². The fraction of sp³-hybridized carbons (Fsp3) is 0.312. The van der Waals surface area contributed by atoms with Crippen LogP contribution in [0.15, 0.2) is 84.3 Å². The van der Waals surface area contributed by atoms with Crippen molar-refractivity contribution in [3.05, 3.63) is 101 Å². The molecule has 3 N–H and O–H groups in total. The first-order valence-electron chi connectivity index (χ1n) is 14.0. The summed E-state index contributed by atoms with van der Waals surface area (Å²) in [6, 6.07) is 23.7. The third-order valence-corrected chi connectivity index (χ3v) is 8.32. The zero-order chi connectivity index (χ0) is 30.2. The molecule has 0 unspecified atom stereocenters. The molecular weight excluding hydrogens is 568 g/mol. The molecule has 0 bridgehead atoms. The molecule has 1 aliphatic rings. The number of rotatable bonds is 12. The van der Waals surface area contributed by atoms with E-state index in [0.717, 1.165) is 38.5 Å². The molecule has 3 atom stereocenters. The second kappa shape index (κ2) is 14.4. The second-order valence-corrected chi connectivity index (χ2v) is 11.4. The van der Waals surface area contributed by atoms with E-state index in [2.05, 4.69) is 21.6 Å². The van der Waals surface area contributed by atoms with Gasteiger partial charge in [0.15, 0.2) is 11.4 Å². The molecule has 1 fully saturated rings. The minimum Gasteiger partial charge on any atom is -0.481 e. The standard InChI is InChI=1S/C32H34N4O6S/c1-36-20-34-35-32(36)43-19-27-16-28(23-10-8-21(18-37)9-11-23)42-31(41-27)26-7-3-6-25(15-26)24-5-2-4-22(14-24)17-33-29(38)12-13-30(39)40/h2-11,14-15,20,27-28,31,37H,12-13,16-19H2,1H3,(H,33,38)(H,39,40)/t27-,28+,31+/m1/s1. The Morgan fingerprint density at radius 3 is 2.47 bits per heavy atom. The Labute approximate surface area is 254 Å². The number of carbonyl (C=O) groups excluding carboxylic acids is 1. The Morgan fingerprint density at radius 1 is 0.977 bits per heavy atom. The van der Waals surface area contributed by atoms with Crippen molar-refractivity contribution in [3.63, 3.8) is 0 Å². The van der Waals surface area contributed by atoms with E-state index >= 15 is 0 Å². The predicted octanol–water partition coefficient (Wildman–Crippen LogP) is 4.79. The molecule has 1 aliphatic heterocycles. The Kier molecular flexibility index (Phi) is 10.2. The van der Waals surface area contributed by atoms with Crippen LogP contribution in [0.5, 0.6) is 0 Å². The average molecular weight is 603 g/mol. The number of hydrogen-bond donors (Lipinski definition) is 3. The summed E-state index contributed by atoms with van der Waals surface area (Å²) >= 11 is 1.59. The van der Waals surface area contributed by atoms with Gasteiger partial charge in [0.1, 0.15) is 6.33 Å². The maximum atomic E-state index is 12.0. The number of amides is 1. The van der Waals surface area contributed by atoms with Gasteiger partial charge in [0.25, 0.3) is 0 Å². The van der Waals surface area contributed by atoms with Crippen LogP contribution in [-0.4, -0.2) is 48.7 Å². The van der Waals surface area contributed by atoms with Gasteiger partial charge in [-0.2, -0.15) is 0 Å². The summed E-state index contributed by atoms with van der Waals surface area (Å²) in [6.45, 7) is 0.294. The van der Waals surface area contributed by atoms with Crippen LogP contribution in [0.3, 0.4) is 0 Å². The molecular formula is C32H34N4O6S. The van der Waals surface area contributed by atoms with E-state index < -0.39 is 12.3 Å². The zero-order valence-corrected chi connectivity index (χ0v) is 24.6. The van der Waals surface area contributed by atoms with Crippen molar-refractivity contribution < 1.29 is 29.3 Å². The summed E-state index contributed by atoms with van der Waals surface area (Å²) in [4.78, 5) is 22.7. The zero-order valence-electron chi connectivity index (χ0n) is 23.8. The molecule has 1 saturated heterocycles. The summed E-state index contributed by atoms with van der Waals surface area (Å²) in [7, 11) is 1.91. The van der Waals surface area contributed by atoms with E-state index in [1.165, 1.54) is 0 Å². The average Bonchev–Trinajstić information content (AvgIpc) is 3.46. The van der Waals surface area contributed by atoms with E-state index in [9.17, 15) is 14.7 Å². The quantitative estimate of drug-likeness (QED) is 0.196. The molecule has 0 radical (unpaired) electrons. The fourth-order valence-corrected chi connectivity index (χ4v) is 5.73. The maximum absolute atomic E-state index is 12.0. The molecule has 1 aromatic heterocycles. The van der Waals surface area contributed by atoms with E-state index in [1.807, 2.05) is 78.3 Å². The normalized spacial score (nSPS) is 18.3. The van der Waals surface area contributed by atoms with E-state index in [0.29, 0.717) is 18.7 Å². The first kappa shape index (κ1) is 30.4. The molecule has 224 valence electrons.